The molecule has 1 rings (SSSR count). The van der Waals surface area contributed by atoms with Gasteiger partial charge in [-0.1, -0.05) is 0 Å². The van der Waals surface area contributed by atoms with Gasteiger partial charge in [0.25, 0.3) is 0 Å². The highest BCUT2D eigenvalue weighted by Gasteiger charge is 1.97. The van der Waals surface area contributed by atoms with Gasteiger partial charge in [-0.15, -0.1) is 0 Å². The van der Waals surface area contributed by atoms with E-state index in [9.17, 15) is 9.59 Å². The Morgan fingerprint density at radius 1 is 1.00 bits per heavy atom. The number of rotatable bonds is 4. The number of hydrogen-bond donors (Lipinski definition) is 2. The third-order valence-corrected chi connectivity index (χ3v) is 1.43. The second kappa shape index (κ2) is 4.80. The quantitative estimate of drug-likeness (QED) is 0.731. The normalized spacial score (nSPS) is 11.2. The maximum absolute atomic E-state index is 10.2. The zero-order valence-electron chi connectivity index (χ0n) is 7.58. The molecule has 0 bridgehead atoms. The van der Waals surface area contributed by atoms with Gasteiger partial charge >= 0.3 is 11.9 Å². The minimum absolute atomic E-state index is 0.349. The van der Waals surface area contributed by atoms with E-state index in [0.29, 0.717) is 11.5 Å². The van der Waals surface area contributed by atoms with Gasteiger partial charge in [-0.25, -0.2) is 9.59 Å². The van der Waals surface area contributed by atoms with E-state index in [1.807, 2.05) is 0 Å². The molecule has 5 heteroatoms. The highest BCUT2D eigenvalue weighted by Crippen LogP contribution is 2.10. The lowest BCUT2D eigenvalue weighted by Crippen LogP contribution is -1.85. The summed E-state index contributed by atoms with van der Waals surface area (Å²) in [4.78, 5) is 20.3. The van der Waals surface area contributed by atoms with E-state index in [1.165, 1.54) is 12.2 Å². The van der Waals surface area contributed by atoms with Gasteiger partial charge < -0.3 is 14.6 Å². The Morgan fingerprint density at radius 3 is 1.73 bits per heavy atom. The van der Waals surface area contributed by atoms with Crippen molar-refractivity contribution < 1.29 is 24.2 Å². The van der Waals surface area contributed by atoms with Crippen LogP contribution in [-0.4, -0.2) is 22.2 Å². The van der Waals surface area contributed by atoms with Crippen molar-refractivity contribution in [3.8, 4) is 0 Å². The van der Waals surface area contributed by atoms with Crippen molar-refractivity contribution in [1.29, 1.82) is 0 Å². The van der Waals surface area contributed by atoms with Crippen LogP contribution in [0.5, 0.6) is 0 Å². The van der Waals surface area contributed by atoms with Crippen LogP contribution in [0.15, 0.2) is 28.7 Å². The van der Waals surface area contributed by atoms with E-state index in [-0.39, 0.29) is 0 Å². The number of aliphatic carboxylic acids is 2. The molecule has 0 aromatic carbocycles. The van der Waals surface area contributed by atoms with E-state index < -0.39 is 11.9 Å². The predicted molar refractivity (Wildman–Crippen MR) is 52.0 cm³/mol. The molecule has 0 fully saturated rings. The summed E-state index contributed by atoms with van der Waals surface area (Å²) in [7, 11) is 0. The van der Waals surface area contributed by atoms with Gasteiger partial charge in [0.2, 0.25) is 0 Å². The van der Waals surface area contributed by atoms with Crippen LogP contribution in [0.4, 0.5) is 0 Å². The number of carboxylic acids is 2. The zero-order chi connectivity index (χ0) is 11.3. The molecule has 0 radical (unpaired) electrons. The maximum Gasteiger partial charge on any atom is 0.328 e. The molecule has 78 valence electrons. The van der Waals surface area contributed by atoms with E-state index >= 15 is 0 Å². The second-order valence-corrected chi connectivity index (χ2v) is 2.58. The fourth-order valence-corrected chi connectivity index (χ4v) is 0.854. The number of hydrogen-bond acceptors (Lipinski definition) is 3. The third kappa shape index (κ3) is 3.95. The number of furan rings is 1. The van der Waals surface area contributed by atoms with E-state index in [0.717, 1.165) is 12.2 Å². The first kappa shape index (κ1) is 10.8. The molecule has 1 heterocycles. The summed E-state index contributed by atoms with van der Waals surface area (Å²) in [6.07, 6.45) is 4.42. The molecule has 0 aliphatic heterocycles. The first-order valence-corrected chi connectivity index (χ1v) is 4.00. The van der Waals surface area contributed by atoms with Gasteiger partial charge in [0.05, 0.1) is 0 Å². The van der Waals surface area contributed by atoms with Crippen LogP contribution in [0, 0.1) is 0 Å². The molecule has 2 N–H and O–H groups in total. The molecule has 1 aromatic rings. The van der Waals surface area contributed by atoms with Crippen LogP contribution < -0.4 is 0 Å². The topological polar surface area (TPSA) is 87.7 Å². The van der Waals surface area contributed by atoms with Crippen LogP contribution >= 0.6 is 0 Å². The van der Waals surface area contributed by atoms with Gasteiger partial charge in [0, 0.05) is 12.2 Å². The van der Waals surface area contributed by atoms with Gasteiger partial charge in [0.15, 0.2) is 0 Å². The SMILES string of the molecule is O=C(O)C=Cc1ccc(C=CC(=O)O)o1. The van der Waals surface area contributed by atoms with Crippen LogP contribution in [0.2, 0.25) is 0 Å². The van der Waals surface area contributed by atoms with Gasteiger partial charge in [0.1, 0.15) is 11.5 Å². The first-order valence-electron chi connectivity index (χ1n) is 4.00. The summed E-state index contributed by atoms with van der Waals surface area (Å²) in [5.74, 6) is -1.45. The maximum atomic E-state index is 10.2. The van der Waals surface area contributed by atoms with Gasteiger partial charge in [-0.3, -0.25) is 0 Å². The van der Waals surface area contributed by atoms with Crippen molar-refractivity contribution in [3.05, 3.63) is 35.8 Å². The minimum atomic E-state index is -1.07. The van der Waals surface area contributed by atoms with Crippen LogP contribution in [0.1, 0.15) is 11.5 Å². The molecule has 0 atom stereocenters. The lowest BCUT2D eigenvalue weighted by atomic mass is 10.3. The van der Waals surface area contributed by atoms with E-state index in [4.69, 9.17) is 14.6 Å². The van der Waals surface area contributed by atoms with Crippen molar-refractivity contribution in [2.24, 2.45) is 0 Å². The van der Waals surface area contributed by atoms with E-state index in [2.05, 4.69) is 0 Å². The largest absolute Gasteiger partial charge is 0.478 e. The van der Waals surface area contributed by atoms with Crippen molar-refractivity contribution in [2.45, 2.75) is 0 Å². The molecule has 0 amide bonds. The Balaban J connectivity index is 2.72. The second-order valence-electron chi connectivity index (χ2n) is 2.58. The Bertz CT molecular complexity index is 386. The van der Waals surface area contributed by atoms with Crippen molar-refractivity contribution in [2.75, 3.05) is 0 Å². The van der Waals surface area contributed by atoms with Crippen molar-refractivity contribution >= 4 is 24.1 Å². The highest BCUT2D eigenvalue weighted by atomic mass is 16.4. The van der Waals surface area contributed by atoms with Crippen LogP contribution in [0.25, 0.3) is 12.2 Å². The summed E-state index contributed by atoms with van der Waals surface area (Å²) in [5.41, 5.74) is 0. The lowest BCUT2D eigenvalue weighted by molar-refractivity contribution is -0.132. The summed E-state index contributed by atoms with van der Waals surface area (Å²) < 4.78 is 5.08. The van der Waals surface area contributed by atoms with Gasteiger partial charge in [-0.05, 0) is 24.3 Å². The monoisotopic (exact) mass is 208 g/mol. The average molecular weight is 208 g/mol. The highest BCUT2D eigenvalue weighted by molar-refractivity contribution is 5.85. The molecular formula is C10H8O5. The Labute approximate surface area is 84.9 Å². The molecule has 0 spiro atoms. The summed E-state index contributed by atoms with van der Waals surface area (Å²) in [6, 6.07) is 3.09. The van der Waals surface area contributed by atoms with E-state index in [1.54, 1.807) is 12.1 Å². The number of carboxylic acid groups (broad SMARTS) is 2. The molecular weight excluding hydrogens is 200 g/mol. The molecule has 0 unspecified atom stereocenters. The van der Waals surface area contributed by atoms with Crippen LogP contribution in [-0.2, 0) is 9.59 Å². The smallest absolute Gasteiger partial charge is 0.328 e. The van der Waals surface area contributed by atoms with Crippen LogP contribution in [0.3, 0.4) is 0 Å². The predicted octanol–water partition coefficient (Wildman–Crippen LogP) is 1.48. The molecule has 15 heavy (non-hydrogen) atoms. The number of carbonyl (C=O) groups is 2. The fourth-order valence-electron chi connectivity index (χ4n) is 0.854. The first-order chi connectivity index (χ1) is 7.08. The summed E-state index contributed by atoms with van der Waals surface area (Å²) in [6.45, 7) is 0. The third-order valence-electron chi connectivity index (χ3n) is 1.43. The fraction of sp³-hybridized carbons (Fsp3) is 0. The average Bonchev–Trinajstić information content (AvgIpc) is 2.59. The van der Waals surface area contributed by atoms with Crippen molar-refractivity contribution in [1.82, 2.24) is 0 Å². The van der Waals surface area contributed by atoms with Gasteiger partial charge in [-0.2, -0.15) is 0 Å². The molecule has 1 aromatic heterocycles. The zero-order valence-corrected chi connectivity index (χ0v) is 7.58. The standard InChI is InChI=1S/C10H8O5/c11-9(12)5-3-7-1-2-8(15-7)4-6-10(13)14/h1-6H,(H,11,12)(H,13,14). The summed E-state index contributed by atoms with van der Waals surface area (Å²) >= 11 is 0. The molecule has 0 aliphatic rings. The van der Waals surface area contributed by atoms with Crippen molar-refractivity contribution in [3.63, 3.8) is 0 Å². The summed E-state index contributed by atoms with van der Waals surface area (Å²) in [5, 5.41) is 16.7. The Morgan fingerprint density at radius 2 is 1.40 bits per heavy atom. The minimum Gasteiger partial charge on any atom is -0.478 e. The Hall–Kier alpha value is -2.30. The molecule has 0 saturated heterocycles. The molecule has 0 saturated carbocycles. The Kier molecular flexibility index (Phi) is 3.45. The molecule has 5 nitrogen and oxygen atoms in total. The lowest BCUT2D eigenvalue weighted by Gasteiger charge is -1.84. The molecule has 0 aliphatic carbocycles.